The van der Waals surface area contributed by atoms with Gasteiger partial charge in [-0.25, -0.2) is 57.0 Å². The minimum Gasteiger partial charge on any atom is -0.497 e. The van der Waals surface area contributed by atoms with E-state index in [0.717, 1.165) is 219 Å². The molecule has 18 heterocycles. The molecule has 5 aromatic carbocycles. The number of amides is 5. The van der Waals surface area contributed by atoms with Crippen LogP contribution in [0.1, 0.15) is 41.7 Å². The maximum atomic E-state index is 12.8. The third-order valence-electron chi connectivity index (χ3n) is 26.9. The zero-order chi connectivity index (χ0) is 103. The number of ether oxygens (including phenoxy) is 5. The van der Waals surface area contributed by atoms with Crippen LogP contribution in [0.15, 0.2) is 250 Å². The largest absolute Gasteiger partial charge is 0.497 e. The molecule has 6 fully saturated rings. The number of hydrogen-bond donors (Lipinski definition) is 0. The molecule has 0 atom stereocenters. The molecule has 6 aliphatic rings. The lowest BCUT2D eigenvalue weighted by Gasteiger charge is -2.36. The number of aryl methyl sites for hydroxylation is 1. The van der Waals surface area contributed by atoms with Crippen LogP contribution in [-0.4, -0.2) is 334 Å². The molecule has 0 bridgehead atoms. The Hall–Kier alpha value is -16.7. The van der Waals surface area contributed by atoms with Gasteiger partial charge in [0.1, 0.15) is 63.7 Å². The zero-order valence-corrected chi connectivity index (χ0v) is 85.9. The van der Waals surface area contributed by atoms with Crippen LogP contribution in [0.25, 0.3) is 33.9 Å². The molecule has 12 aromatic heterocycles. The Balaban J connectivity index is 0.000000117. The SMILES string of the molecule is CC(=O)N1CCN(c2ccc3nccn3n2)CC1.CCOc1ccccc1CC(=O)N1CCN(c2ccc3nccn3n2)CC1.COc1cc(CC(=O)N2CCN(c3ccc4nccn4n3)CC2)cc(OC)c1.COc1ccc(C)cc1CC(=O)N1CCN(c2ccc3nccn3n2)CC1.COc1ccc(N2CCN(c3ccc4nccn4n3)CC2)cc1.O=C(Cc1cc(Cl)ccc1Cl)N1CCN(c2ccc3nccn3n2)CC1. The van der Waals surface area contributed by atoms with E-state index < -0.39 is 0 Å². The second-order valence-corrected chi connectivity index (χ2v) is 37.0. The summed E-state index contributed by atoms with van der Waals surface area (Å²) in [6, 6.07) is 56.4. The Labute approximate surface area is 871 Å². The lowest BCUT2D eigenvalue weighted by Crippen LogP contribution is -2.49. The number of benzene rings is 5. The Morgan fingerprint density at radius 2 is 0.617 bits per heavy atom. The van der Waals surface area contributed by atoms with E-state index in [1.807, 2.05) is 220 Å². The molecule has 0 unspecified atom stereocenters. The first kappa shape index (κ1) is 102. The van der Waals surface area contributed by atoms with Gasteiger partial charge in [0.05, 0.1) is 60.7 Å². The smallest absolute Gasteiger partial charge is 0.227 e. The van der Waals surface area contributed by atoms with Crippen molar-refractivity contribution in [3.05, 3.63) is 288 Å². The maximum absolute atomic E-state index is 12.8. The summed E-state index contributed by atoms with van der Waals surface area (Å²) in [7, 11) is 6.54. The van der Waals surface area contributed by atoms with E-state index in [2.05, 4.69) is 107 Å². The fourth-order valence-electron chi connectivity index (χ4n) is 18.6. The van der Waals surface area contributed by atoms with E-state index in [-0.39, 0.29) is 36.0 Å². The molecule has 17 aromatic rings. The summed E-state index contributed by atoms with van der Waals surface area (Å²) >= 11 is 12.2. The standard InChI is InChI=1S/C20H23N5O3.2C20H23N5O2.C18H17Cl2N5O.C17H19N5O.C12H15N5O/c1-27-16-11-15(12-17(14-16)28-2)13-20(26)24-9-7-23(8-10-24)19-4-3-18-21-5-6-25(18)22-19;1-15-3-4-17(27-2)16(13-15)14-20(26)24-11-9-23(10-12-24)19-6-5-18-21-7-8-25(18)22-19;1-2-27-17-6-4-3-5-16(17)15-20(26)24-13-11-23(12-14-24)19-8-7-18-21-9-10-25(18)22-19;19-14-1-2-15(20)13(11-14)12-18(26)24-9-7-23(8-10-24)17-4-3-16-21-5-6-25(16)22-17;1-23-15-4-2-14(3-5-15)20-10-12-21(13-11-20)17-7-6-16-18-8-9-22(16)19-17;1-10(18)15-6-8-16(9-7-15)12-3-2-11-13-4-5-17(11)14-12/h3-6,11-12,14H,7-10,13H2,1-2H3;3-8,13H,9-12,14H2,1-2H3;3-10H,2,11-15H2,1H3;1-6,11H,7-10,12H2;2-9H,10-13H2,1H3;2-5H,6-9H2,1H3. The molecular weight excluding hydrogens is 1940 g/mol. The number of anilines is 7. The highest BCUT2D eigenvalue weighted by Gasteiger charge is 2.31. The molecular formula is C107H120Cl2N30O10. The van der Waals surface area contributed by atoms with E-state index in [1.165, 1.54) is 5.69 Å². The van der Waals surface area contributed by atoms with Gasteiger partial charge in [-0.05, 0) is 165 Å². The molecule has 42 heteroatoms. The first-order chi connectivity index (χ1) is 72.7. The Morgan fingerprint density at radius 1 is 0.295 bits per heavy atom. The molecule has 40 nitrogen and oxygen atoms in total. The zero-order valence-electron chi connectivity index (χ0n) is 84.4. The van der Waals surface area contributed by atoms with Gasteiger partial charge in [-0.1, -0.05) is 59.1 Å². The van der Waals surface area contributed by atoms with Crippen molar-refractivity contribution in [2.75, 3.05) is 226 Å². The topological polar surface area (TPSA) is 352 Å². The summed E-state index contributed by atoms with van der Waals surface area (Å²) in [6.45, 7) is 24.7. The number of carbonyl (C=O) groups is 5. The van der Waals surface area contributed by atoms with E-state index in [9.17, 15) is 24.0 Å². The number of piperazine rings is 6. The second kappa shape index (κ2) is 48.6. The molecule has 0 N–H and O–H groups in total. The fourth-order valence-corrected chi connectivity index (χ4v) is 18.9. The number of hydrogen-bond acceptors (Lipinski definition) is 29. The molecule has 6 aliphatic heterocycles. The van der Waals surface area contributed by atoms with Crippen molar-refractivity contribution in [3.8, 4) is 28.7 Å². The minimum absolute atomic E-state index is 0.0619. The van der Waals surface area contributed by atoms with Gasteiger partial charge in [-0.15, -0.1) is 30.6 Å². The maximum Gasteiger partial charge on any atom is 0.227 e. The summed E-state index contributed by atoms with van der Waals surface area (Å²) in [5.41, 5.74) is 10.9. The summed E-state index contributed by atoms with van der Waals surface area (Å²) in [6.07, 6.45) is 22.8. The molecule has 149 heavy (non-hydrogen) atoms. The quantitative estimate of drug-likeness (QED) is 0.0645. The number of carbonyl (C=O) groups excluding carboxylic acids is 5. The normalized spacial score (nSPS) is 14.9. The van der Waals surface area contributed by atoms with Gasteiger partial charge in [0.25, 0.3) is 0 Å². The average molecular weight is 2060 g/mol. The van der Waals surface area contributed by atoms with Crippen LogP contribution in [0, 0.1) is 6.92 Å². The van der Waals surface area contributed by atoms with Crippen molar-refractivity contribution < 1.29 is 47.7 Å². The monoisotopic (exact) mass is 2050 g/mol. The van der Waals surface area contributed by atoms with Gasteiger partial charge < -0.3 is 82.5 Å². The van der Waals surface area contributed by atoms with Gasteiger partial charge >= 0.3 is 0 Å². The van der Waals surface area contributed by atoms with E-state index in [0.29, 0.717) is 99.8 Å². The van der Waals surface area contributed by atoms with Crippen molar-refractivity contribution >= 4 is 127 Å². The number of para-hydroxylation sites is 1. The number of imidazole rings is 6. The summed E-state index contributed by atoms with van der Waals surface area (Å²) < 4.78 is 37.5. The predicted octanol–water partition coefficient (Wildman–Crippen LogP) is 11.0. The number of aromatic nitrogens is 18. The van der Waals surface area contributed by atoms with Crippen LogP contribution in [0.4, 0.5) is 40.6 Å². The van der Waals surface area contributed by atoms with Crippen LogP contribution in [0.3, 0.4) is 0 Å². The predicted molar refractivity (Wildman–Crippen MR) is 571 cm³/mol. The molecule has 0 spiro atoms. The van der Waals surface area contributed by atoms with E-state index >= 15 is 0 Å². The van der Waals surface area contributed by atoms with Gasteiger partial charge in [0.15, 0.2) is 33.9 Å². The van der Waals surface area contributed by atoms with Crippen molar-refractivity contribution in [2.24, 2.45) is 0 Å². The lowest BCUT2D eigenvalue weighted by molar-refractivity contribution is -0.131. The molecule has 772 valence electrons. The second-order valence-electron chi connectivity index (χ2n) is 36.2. The van der Waals surface area contributed by atoms with Crippen LogP contribution >= 0.6 is 23.2 Å². The van der Waals surface area contributed by atoms with Crippen molar-refractivity contribution in [1.82, 2.24) is 112 Å². The fraction of sp³-hybridized carbons (Fsp3) is 0.336. The third-order valence-corrected chi connectivity index (χ3v) is 27.5. The highest BCUT2D eigenvalue weighted by Crippen LogP contribution is 2.31. The highest BCUT2D eigenvalue weighted by atomic mass is 35.5. The van der Waals surface area contributed by atoms with Crippen molar-refractivity contribution in [2.45, 2.75) is 46.5 Å². The van der Waals surface area contributed by atoms with Gasteiger partial charge in [0, 0.05) is 271 Å². The molecule has 23 rings (SSSR count). The van der Waals surface area contributed by atoms with Crippen LogP contribution in [0.2, 0.25) is 10.0 Å². The van der Waals surface area contributed by atoms with Crippen LogP contribution in [-0.2, 0) is 49.7 Å². The summed E-state index contributed by atoms with van der Waals surface area (Å²) in [5, 5.41) is 28.6. The molecule has 0 radical (unpaired) electrons. The lowest BCUT2D eigenvalue weighted by atomic mass is 10.1. The third kappa shape index (κ3) is 25.9. The Morgan fingerprint density at radius 3 is 0.960 bits per heavy atom. The van der Waals surface area contributed by atoms with Crippen molar-refractivity contribution in [3.63, 3.8) is 0 Å². The Kier molecular flexibility index (Phi) is 33.4. The molecule has 0 saturated carbocycles. The number of methoxy groups -OCH3 is 4. The molecule has 6 saturated heterocycles. The average Bonchev–Trinajstić information content (AvgIpc) is 1.76. The van der Waals surface area contributed by atoms with E-state index in [1.54, 1.807) is 119 Å². The number of halogens is 2. The van der Waals surface area contributed by atoms with Gasteiger partial charge in [-0.3, -0.25) is 24.0 Å². The summed E-state index contributed by atoms with van der Waals surface area (Å²) in [4.78, 5) is 113. The number of fused-ring (bicyclic) bond motifs is 6. The Bertz CT molecular complexity index is 7390. The summed E-state index contributed by atoms with van der Waals surface area (Å²) in [5.74, 6) is 9.97. The van der Waals surface area contributed by atoms with E-state index in [4.69, 9.17) is 46.9 Å². The molecule has 5 amide bonds. The van der Waals surface area contributed by atoms with Crippen LogP contribution < -0.4 is 58.0 Å². The van der Waals surface area contributed by atoms with Gasteiger partial charge in [0.2, 0.25) is 29.5 Å². The number of nitrogens with zero attached hydrogens (tertiary/aromatic N) is 30. The molecule has 0 aliphatic carbocycles. The number of rotatable bonds is 21. The van der Waals surface area contributed by atoms with Crippen LogP contribution in [0.5, 0.6) is 28.7 Å². The minimum atomic E-state index is 0.0619. The first-order valence-corrected chi connectivity index (χ1v) is 50.5. The highest BCUT2D eigenvalue weighted by molar-refractivity contribution is 6.33. The first-order valence-electron chi connectivity index (χ1n) is 49.8. The van der Waals surface area contributed by atoms with Crippen molar-refractivity contribution in [1.29, 1.82) is 0 Å². The van der Waals surface area contributed by atoms with Gasteiger partial charge in [-0.2, -0.15) is 0 Å².